The predicted molar refractivity (Wildman–Crippen MR) is 87.6 cm³/mol. The van der Waals surface area contributed by atoms with Gasteiger partial charge in [0.1, 0.15) is 5.75 Å². The molecule has 0 fully saturated rings. The second-order valence-electron chi connectivity index (χ2n) is 4.78. The second kappa shape index (κ2) is 8.26. The van der Waals surface area contributed by atoms with Gasteiger partial charge in [-0.1, -0.05) is 30.0 Å². The van der Waals surface area contributed by atoms with Crippen molar-refractivity contribution >= 4 is 5.91 Å². The third-order valence-corrected chi connectivity index (χ3v) is 3.02. The molecule has 1 N–H and O–H groups in total. The number of nitrogens with zero attached hydrogens (tertiary/aromatic N) is 1. The summed E-state index contributed by atoms with van der Waals surface area (Å²) in [6.45, 7) is 1.92. The normalized spacial score (nSPS) is 10.6. The first-order chi connectivity index (χ1) is 11.2. The first-order valence-corrected chi connectivity index (χ1v) is 7.17. The van der Waals surface area contributed by atoms with Crippen molar-refractivity contribution in [2.24, 2.45) is 0 Å². The van der Waals surface area contributed by atoms with Gasteiger partial charge in [-0.05, 0) is 43.3 Å². The number of carbonyl (C=O) groups is 1. The Morgan fingerprint density at radius 3 is 2.48 bits per heavy atom. The van der Waals surface area contributed by atoms with Crippen molar-refractivity contribution in [3.05, 3.63) is 65.7 Å². The van der Waals surface area contributed by atoms with Gasteiger partial charge in [0.05, 0.1) is 18.2 Å². The van der Waals surface area contributed by atoms with Crippen LogP contribution in [0.5, 0.6) is 5.75 Å². The average Bonchev–Trinajstić information content (AvgIpc) is 2.60. The van der Waals surface area contributed by atoms with E-state index in [1.165, 1.54) is 0 Å². The Hall–Kier alpha value is -3.24. The van der Waals surface area contributed by atoms with Crippen LogP contribution in [0.3, 0.4) is 0 Å². The van der Waals surface area contributed by atoms with E-state index in [0.29, 0.717) is 11.3 Å². The van der Waals surface area contributed by atoms with E-state index in [2.05, 4.69) is 17.2 Å². The van der Waals surface area contributed by atoms with Crippen LogP contribution in [-0.4, -0.2) is 18.6 Å². The summed E-state index contributed by atoms with van der Waals surface area (Å²) in [5, 5.41) is 11.4. The van der Waals surface area contributed by atoms with Crippen molar-refractivity contribution in [3.8, 4) is 23.7 Å². The second-order valence-corrected chi connectivity index (χ2v) is 4.78. The number of carbonyl (C=O) groups excluding carboxylic acids is 1. The topological polar surface area (TPSA) is 62.1 Å². The molecule has 0 aromatic heterocycles. The van der Waals surface area contributed by atoms with Gasteiger partial charge in [0.15, 0.2) is 6.10 Å². The molecule has 4 nitrogen and oxygen atoms in total. The summed E-state index contributed by atoms with van der Waals surface area (Å²) >= 11 is 0. The van der Waals surface area contributed by atoms with Gasteiger partial charge >= 0.3 is 0 Å². The van der Waals surface area contributed by atoms with Gasteiger partial charge in [0.2, 0.25) is 0 Å². The fraction of sp³-hybridized carbons (Fsp3) is 0.158. The Labute approximate surface area is 135 Å². The van der Waals surface area contributed by atoms with Crippen molar-refractivity contribution in [1.82, 2.24) is 5.32 Å². The molecule has 0 aliphatic rings. The number of benzene rings is 2. The van der Waals surface area contributed by atoms with Gasteiger partial charge in [0.25, 0.3) is 5.91 Å². The quantitative estimate of drug-likeness (QED) is 0.883. The van der Waals surface area contributed by atoms with E-state index >= 15 is 0 Å². The molecule has 1 atom stereocenters. The summed E-state index contributed by atoms with van der Waals surface area (Å²) in [4.78, 5) is 11.9. The standard InChI is InChI=1S/C19H16N2O2/c1-15(23-18-11-9-17(14-20)10-12-18)19(22)21-13-5-8-16-6-3-2-4-7-16/h2-4,6-7,9-12,15H,13H2,1H3,(H,21,22)/t15-/m1/s1. The average molecular weight is 304 g/mol. The number of hydrogen-bond donors (Lipinski definition) is 1. The maximum absolute atomic E-state index is 11.9. The van der Waals surface area contributed by atoms with E-state index in [1.54, 1.807) is 31.2 Å². The molecule has 0 heterocycles. The lowest BCUT2D eigenvalue weighted by Crippen LogP contribution is -2.36. The highest BCUT2D eigenvalue weighted by Gasteiger charge is 2.13. The monoisotopic (exact) mass is 304 g/mol. The van der Waals surface area contributed by atoms with Crippen molar-refractivity contribution in [1.29, 1.82) is 5.26 Å². The van der Waals surface area contributed by atoms with Crippen molar-refractivity contribution in [2.45, 2.75) is 13.0 Å². The molecule has 114 valence electrons. The summed E-state index contributed by atoms with van der Waals surface area (Å²) in [6, 6.07) is 18.2. The van der Waals surface area contributed by atoms with Gasteiger partial charge in [-0.15, -0.1) is 0 Å². The van der Waals surface area contributed by atoms with Crippen LogP contribution in [0.4, 0.5) is 0 Å². The van der Waals surface area contributed by atoms with Crippen LogP contribution in [-0.2, 0) is 4.79 Å². The Bertz CT molecular complexity index is 750. The fourth-order valence-corrected chi connectivity index (χ4v) is 1.81. The number of nitriles is 1. The minimum atomic E-state index is -0.638. The smallest absolute Gasteiger partial charge is 0.261 e. The molecule has 2 aromatic rings. The maximum atomic E-state index is 11.9. The highest BCUT2D eigenvalue weighted by molar-refractivity contribution is 5.80. The SMILES string of the molecule is C[C@@H](Oc1ccc(C#N)cc1)C(=O)NCC#Cc1ccccc1. The fourth-order valence-electron chi connectivity index (χ4n) is 1.81. The van der Waals surface area contributed by atoms with Crippen LogP contribution >= 0.6 is 0 Å². The maximum Gasteiger partial charge on any atom is 0.261 e. The molecule has 23 heavy (non-hydrogen) atoms. The molecule has 0 saturated carbocycles. The predicted octanol–water partition coefficient (Wildman–Crippen LogP) is 2.49. The molecule has 0 aliphatic carbocycles. The summed E-state index contributed by atoms with van der Waals surface area (Å²) in [7, 11) is 0. The number of ether oxygens (including phenoxy) is 1. The van der Waals surface area contributed by atoms with Crippen LogP contribution in [0.1, 0.15) is 18.1 Å². The Balaban J connectivity index is 1.81. The molecule has 2 aromatic carbocycles. The van der Waals surface area contributed by atoms with Gasteiger partial charge < -0.3 is 10.1 Å². The summed E-state index contributed by atoms with van der Waals surface area (Å²) in [5.74, 6) is 6.16. The van der Waals surface area contributed by atoms with Crippen molar-refractivity contribution in [3.63, 3.8) is 0 Å². The summed E-state index contributed by atoms with van der Waals surface area (Å²) in [6.07, 6.45) is -0.638. The van der Waals surface area contributed by atoms with Gasteiger partial charge in [-0.25, -0.2) is 0 Å². The van der Waals surface area contributed by atoms with E-state index in [9.17, 15) is 4.79 Å². The van der Waals surface area contributed by atoms with Gasteiger partial charge in [-0.3, -0.25) is 4.79 Å². The van der Waals surface area contributed by atoms with Crippen molar-refractivity contribution in [2.75, 3.05) is 6.54 Å². The van der Waals surface area contributed by atoms with Crippen LogP contribution in [0.25, 0.3) is 0 Å². The third-order valence-electron chi connectivity index (χ3n) is 3.02. The molecule has 2 rings (SSSR count). The first-order valence-electron chi connectivity index (χ1n) is 7.17. The Morgan fingerprint density at radius 2 is 1.83 bits per heavy atom. The lowest BCUT2D eigenvalue weighted by Gasteiger charge is -2.13. The number of amides is 1. The van der Waals surface area contributed by atoms with Crippen LogP contribution in [0, 0.1) is 23.2 Å². The van der Waals surface area contributed by atoms with E-state index in [4.69, 9.17) is 10.00 Å². The van der Waals surface area contributed by atoms with Crippen LogP contribution in [0.2, 0.25) is 0 Å². The molecule has 4 heteroatoms. The van der Waals surface area contributed by atoms with E-state index in [1.807, 2.05) is 36.4 Å². The molecule has 0 saturated heterocycles. The van der Waals surface area contributed by atoms with Crippen LogP contribution < -0.4 is 10.1 Å². The molecule has 0 bridgehead atoms. The number of nitrogens with one attached hydrogen (secondary N) is 1. The largest absolute Gasteiger partial charge is 0.481 e. The highest BCUT2D eigenvalue weighted by Crippen LogP contribution is 2.13. The molecule has 0 aliphatic heterocycles. The first kappa shape index (κ1) is 16.1. The zero-order chi connectivity index (χ0) is 16.5. The van der Waals surface area contributed by atoms with Gasteiger partial charge in [0, 0.05) is 5.56 Å². The van der Waals surface area contributed by atoms with Crippen LogP contribution in [0.15, 0.2) is 54.6 Å². The van der Waals surface area contributed by atoms with E-state index in [0.717, 1.165) is 5.56 Å². The lowest BCUT2D eigenvalue weighted by molar-refractivity contribution is -0.126. The van der Waals surface area contributed by atoms with E-state index < -0.39 is 6.10 Å². The highest BCUT2D eigenvalue weighted by atomic mass is 16.5. The van der Waals surface area contributed by atoms with Gasteiger partial charge in [-0.2, -0.15) is 5.26 Å². The third kappa shape index (κ3) is 5.22. The molecular formula is C19H16N2O2. The minimum absolute atomic E-state index is 0.239. The molecule has 0 radical (unpaired) electrons. The molecule has 0 unspecified atom stereocenters. The Kier molecular flexibility index (Phi) is 5.80. The molecular weight excluding hydrogens is 288 g/mol. The zero-order valence-corrected chi connectivity index (χ0v) is 12.7. The molecule has 0 spiro atoms. The molecule has 1 amide bonds. The Morgan fingerprint density at radius 1 is 1.13 bits per heavy atom. The zero-order valence-electron chi connectivity index (χ0n) is 12.7. The summed E-state index contributed by atoms with van der Waals surface area (Å²) in [5.41, 5.74) is 1.45. The van der Waals surface area contributed by atoms with Crippen molar-refractivity contribution < 1.29 is 9.53 Å². The summed E-state index contributed by atoms with van der Waals surface area (Å²) < 4.78 is 5.52. The number of hydrogen-bond acceptors (Lipinski definition) is 3. The number of rotatable bonds is 4. The lowest BCUT2D eigenvalue weighted by atomic mass is 10.2. The van der Waals surface area contributed by atoms with E-state index in [-0.39, 0.29) is 12.5 Å². The minimum Gasteiger partial charge on any atom is -0.481 e.